The SMILES string of the molecule is [2H]c1c([2H])c(C([2H])([2H])[2H])c([2H])c([2H])c1-c1ccnc(-c2cc(-c3cccc4c3nc(-c3ccccc3O)n4-c3ccc(C([2H])([2H])[2H])cc3-c3ccccc3)cc(C(C)(C)C)c2)c1. The van der Waals surface area contributed by atoms with Gasteiger partial charge in [0.05, 0.1) is 33.5 Å². The largest absolute Gasteiger partial charge is 0.507 e. The zero-order chi connectivity index (χ0) is 44.5. The van der Waals surface area contributed by atoms with Gasteiger partial charge in [-0.2, -0.15) is 0 Å². The van der Waals surface area contributed by atoms with Crippen LogP contribution in [0.5, 0.6) is 5.75 Å². The molecule has 8 aromatic rings. The Morgan fingerprint density at radius 1 is 0.615 bits per heavy atom. The molecular formula is C48H41N3O. The lowest BCUT2D eigenvalue weighted by Crippen LogP contribution is -2.11. The van der Waals surface area contributed by atoms with Gasteiger partial charge in [-0.05, 0) is 102 Å². The third-order valence-corrected chi connectivity index (χ3v) is 9.23. The smallest absolute Gasteiger partial charge is 0.149 e. The monoisotopic (exact) mass is 685 g/mol. The minimum Gasteiger partial charge on any atom is -0.507 e. The van der Waals surface area contributed by atoms with Crippen LogP contribution in [0, 0.1) is 13.7 Å². The molecule has 0 aliphatic carbocycles. The molecule has 0 spiro atoms. The van der Waals surface area contributed by atoms with E-state index in [1.165, 1.54) is 6.20 Å². The van der Waals surface area contributed by atoms with Gasteiger partial charge >= 0.3 is 0 Å². The van der Waals surface area contributed by atoms with Gasteiger partial charge in [0.1, 0.15) is 11.6 Å². The molecule has 0 saturated carbocycles. The normalized spacial score (nSPS) is 14.9. The average molecular weight is 686 g/mol. The highest BCUT2D eigenvalue weighted by molar-refractivity contribution is 5.97. The first kappa shape index (κ1) is 23.3. The Morgan fingerprint density at radius 2 is 1.37 bits per heavy atom. The van der Waals surface area contributed by atoms with E-state index in [-0.39, 0.29) is 22.3 Å². The van der Waals surface area contributed by atoms with Gasteiger partial charge in [0.2, 0.25) is 0 Å². The molecule has 1 N–H and O–H groups in total. The first-order valence-corrected chi connectivity index (χ1v) is 17.0. The number of phenols is 1. The van der Waals surface area contributed by atoms with Gasteiger partial charge in [-0.1, -0.05) is 123 Å². The average Bonchev–Trinajstić information content (AvgIpc) is 3.61. The van der Waals surface area contributed by atoms with Gasteiger partial charge in [-0.25, -0.2) is 4.98 Å². The van der Waals surface area contributed by atoms with Gasteiger partial charge < -0.3 is 5.11 Å². The van der Waals surface area contributed by atoms with Crippen LogP contribution in [0.25, 0.3) is 72.7 Å². The lowest BCUT2D eigenvalue weighted by atomic mass is 9.83. The van der Waals surface area contributed by atoms with Crippen LogP contribution in [0.4, 0.5) is 0 Å². The van der Waals surface area contributed by atoms with Crippen LogP contribution in [0.2, 0.25) is 0 Å². The topological polar surface area (TPSA) is 50.9 Å². The summed E-state index contributed by atoms with van der Waals surface area (Å²) in [5.74, 6) is 0.458. The van der Waals surface area contributed by atoms with E-state index < -0.39 is 43.4 Å². The zero-order valence-electron chi connectivity index (χ0n) is 38.9. The number of rotatable bonds is 6. The Balaban J connectivity index is 1.37. The molecule has 0 aliphatic heterocycles. The van der Waals surface area contributed by atoms with Crippen molar-refractivity contribution in [1.82, 2.24) is 14.5 Å². The predicted molar refractivity (Wildman–Crippen MR) is 216 cm³/mol. The standard InChI is InChI=1S/C48H41N3O/c1-31-18-21-33(22-19-31)35-24-25-49-42(30-35)37-27-36(28-38(29-37)48(3,4)5)39-15-11-16-44-46(39)50-47(40-14-9-10-17-45(40)52)51(44)43-23-20-32(2)26-41(43)34-12-7-6-8-13-34/h6-30,52H,1-5H3/i1D3,2D3,18D,19D,21D,22D. The molecule has 0 bridgehead atoms. The molecule has 2 aromatic heterocycles. The number of fused-ring (bicyclic) bond motifs is 1. The summed E-state index contributed by atoms with van der Waals surface area (Å²) in [5.41, 5.74) is 7.15. The van der Waals surface area contributed by atoms with Crippen LogP contribution >= 0.6 is 0 Å². The zero-order valence-corrected chi connectivity index (χ0v) is 28.9. The molecular weight excluding hydrogens is 635 g/mol. The van der Waals surface area contributed by atoms with Crippen LogP contribution in [-0.2, 0) is 5.41 Å². The van der Waals surface area contributed by atoms with Gasteiger partial charge in [-0.15, -0.1) is 0 Å². The Bertz CT molecular complexity index is 3010. The number of hydrogen-bond acceptors (Lipinski definition) is 3. The lowest BCUT2D eigenvalue weighted by molar-refractivity contribution is 0.477. The van der Waals surface area contributed by atoms with Crippen molar-refractivity contribution in [3.05, 3.63) is 168 Å². The number of imidazole rings is 1. The molecule has 0 amide bonds. The van der Waals surface area contributed by atoms with Crippen molar-refractivity contribution in [2.45, 2.75) is 39.9 Å². The third kappa shape index (κ3) is 6.18. The number of aromatic nitrogens is 3. The number of phenolic OH excluding ortho intramolecular Hbond substituents is 1. The van der Waals surface area contributed by atoms with Crippen molar-refractivity contribution in [3.63, 3.8) is 0 Å². The Morgan fingerprint density at radius 3 is 2.13 bits per heavy atom. The van der Waals surface area contributed by atoms with Crippen LogP contribution in [0.15, 0.2) is 152 Å². The van der Waals surface area contributed by atoms with E-state index in [4.69, 9.17) is 23.7 Å². The van der Waals surface area contributed by atoms with E-state index in [9.17, 15) is 5.11 Å². The highest BCUT2D eigenvalue weighted by Gasteiger charge is 2.23. The van der Waals surface area contributed by atoms with E-state index in [2.05, 4.69) is 26.8 Å². The summed E-state index contributed by atoms with van der Waals surface area (Å²) < 4.78 is 84.7. The quantitative estimate of drug-likeness (QED) is 0.190. The Kier molecular flexibility index (Phi) is 5.87. The summed E-state index contributed by atoms with van der Waals surface area (Å²) in [6, 6.07) is 34.6. The molecule has 0 radical (unpaired) electrons. The number of nitrogens with zero attached hydrogens (tertiary/aromatic N) is 3. The van der Waals surface area contributed by atoms with Crippen molar-refractivity contribution < 1.29 is 18.8 Å². The molecule has 0 saturated heterocycles. The first-order valence-electron chi connectivity index (χ1n) is 22.0. The number of aromatic hydroxyl groups is 1. The van der Waals surface area contributed by atoms with E-state index in [1.807, 2.05) is 71.3 Å². The molecule has 4 nitrogen and oxygen atoms in total. The minimum atomic E-state index is -2.83. The molecule has 0 fully saturated rings. The van der Waals surface area contributed by atoms with Gasteiger partial charge in [0, 0.05) is 31.1 Å². The third-order valence-electron chi connectivity index (χ3n) is 9.23. The summed E-state index contributed by atoms with van der Waals surface area (Å²) in [6.45, 7) is 1.09. The number of benzene rings is 6. The fraction of sp³-hybridized carbons (Fsp3) is 0.125. The second-order valence-corrected chi connectivity index (χ2v) is 13.8. The van der Waals surface area contributed by atoms with Gasteiger partial charge in [0.25, 0.3) is 0 Å². The molecule has 4 heteroatoms. The summed E-state index contributed by atoms with van der Waals surface area (Å²) in [7, 11) is 0. The minimum absolute atomic E-state index is 0.0174. The van der Waals surface area contributed by atoms with Crippen LogP contribution in [-0.4, -0.2) is 19.6 Å². The summed E-state index contributed by atoms with van der Waals surface area (Å²) in [5, 5.41) is 11.3. The molecule has 0 unspecified atom stereocenters. The highest BCUT2D eigenvalue weighted by atomic mass is 16.3. The fourth-order valence-corrected chi connectivity index (χ4v) is 6.56. The van der Waals surface area contributed by atoms with Crippen LogP contribution in [0.1, 0.15) is 51.2 Å². The van der Waals surface area contributed by atoms with Gasteiger partial charge in [-0.3, -0.25) is 9.55 Å². The molecule has 2 heterocycles. The van der Waals surface area contributed by atoms with Crippen molar-refractivity contribution in [2.24, 2.45) is 0 Å². The van der Waals surface area contributed by atoms with Crippen LogP contribution < -0.4 is 0 Å². The second-order valence-electron chi connectivity index (χ2n) is 13.8. The molecule has 0 aliphatic rings. The number of hydrogen-bond donors (Lipinski definition) is 1. The highest BCUT2D eigenvalue weighted by Crippen LogP contribution is 2.41. The Labute approximate surface area is 319 Å². The van der Waals surface area contributed by atoms with E-state index in [0.717, 1.165) is 22.3 Å². The number of pyridine rings is 1. The maximum absolute atomic E-state index is 11.3. The Hall–Kier alpha value is -6.26. The van der Waals surface area contributed by atoms with Crippen molar-refractivity contribution in [1.29, 1.82) is 0 Å². The van der Waals surface area contributed by atoms with Crippen molar-refractivity contribution in [3.8, 4) is 67.5 Å². The summed E-state index contributed by atoms with van der Waals surface area (Å²) in [6.07, 6.45) is 1.53. The van der Waals surface area contributed by atoms with Crippen LogP contribution in [0.3, 0.4) is 0 Å². The fourth-order valence-electron chi connectivity index (χ4n) is 6.56. The molecule has 0 atom stereocenters. The first-order chi connectivity index (χ1) is 29.2. The lowest BCUT2D eigenvalue weighted by Gasteiger charge is -2.22. The summed E-state index contributed by atoms with van der Waals surface area (Å²) in [4.78, 5) is 9.96. The van der Waals surface area contributed by atoms with Crippen molar-refractivity contribution >= 4 is 11.0 Å². The molecule has 52 heavy (non-hydrogen) atoms. The van der Waals surface area contributed by atoms with Crippen molar-refractivity contribution in [2.75, 3.05) is 0 Å². The van der Waals surface area contributed by atoms with Gasteiger partial charge in [0.15, 0.2) is 0 Å². The molecule has 254 valence electrons. The van der Waals surface area contributed by atoms with E-state index >= 15 is 0 Å². The molecule has 8 rings (SSSR count). The maximum atomic E-state index is 11.3. The summed E-state index contributed by atoms with van der Waals surface area (Å²) >= 11 is 0. The number of aryl methyl sites for hydroxylation is 1. The maximum Gasteiger partial charge on any atom is 0.149 e. The van der Waals surface area contributed by atoms with E-state index in [0.29, 0.717) is 50.5 Å². The van der Waals surface area contributed by atoms with E-state index in [1.54, 1.807) is 48.5 Å². The molecule has 6 aromatic carbocycles. The predicted octanol–water partition coefficient (Wildman–Crippen LogP) is 12.4. The second kappa shape index (κ2) is 13.1. The number of para-hydroxylation sites is 2.